The average Bonchev–Trinajstić information content (AvgIpc) is 2.66. The molecule has 144 valence electrons. The van der Waals surface area contributed by atoms with Crippen LogP contribution in [0.5, 0.6) is 17.2 Å². The predicted molar refractivity (Wildman–Crippen MR) is 99.6 cm³/mol. The van der Waals surface area contributed by atoms with Crippen LogP contribution in [-0.2, 0) is 11.3 Å². The summed E-state index contributed by atoms with van der Waals surface area (Å²) in [5.74, 6) is 0.986. The molecule has 0 aliphatic heterocycles. The van der Waals surface area contributed by atoms with E-state index in [-0.39, 0.29) is 18.1 Å². The monoisotopic (exact) mass is 394 g/mol. The zero-order chi connectivity index (χ0) is 20.0. The first-order chi connectivity index (χ1) is 12.8. The van der Waals surface area contributed by atoms with Gasteiger partial charge in [0.15, 0.2) is 17.6 Å². The number of nitrogens with zero attached hydrogens (tertiary/aromatic N) is 1. The fourth-order valence-corrected chi connectivity index (χ4v) is 2.48. The van der Waals surface area contributed by atoms with Crippen molar-refractivity contribution in [2.45, 2.75) is 19.6 Å². The molecule has 2 rings (SSSR count). The van der Waals surface area contributed by atoms with Crippen molar-refractivity contribution < 1.29 is 23.9 Å². The van der Waals surface area contributed by atoms with E-state index < -0.39 is 11.0 Å². The number of halogens is 1. The van der Waals surface area contributed by atoms with E-state index in [4.69, 9.17) is 25.8 Å². The third kappa shape index (κ3) is 5.24. The molecule has 2 aromatic carbocycles. The highest BCUT2D eigenvalue weighted by atomic mass is 35.5. The molecule has 1 N–H and O–H groups in total. The van der Waals surface area contributed by atoms with Crippen molar-refractivity contribution in [3.63, 3.8) is 0 Å². The number of methoxy groups -OCH3 is 2. The molecule has 9 heteroatoms. The maximum absolute atomic E-state index is 12.2. The standard InChI is InChI=1S/C18H19ClN2O6/c1-11(27-14-6-4-13(5-7-14)21(23)24)18(22)20-10-12-8-16(25-2)17(26-3)9-15(12)19/h4-9,11H,10H2,1-3H3,(H,20,22). The molecule has 0 saturated heterocycles. The lowest BCUT2D eigenvalue weighted by atomic mass is 10.2. The van der Waals surface area contributed by atoms with Gasteiger partial charge in [-0.05, 0) is 30.7 Å². The second kappa shape index (κ2) is 9.09. The Morgan fingerprint density at radius 1 is 1.19 bits per heavy atom. The summed E-state index contributed by atoms with van der Waals surface area (Å²) in [5.41, 5.74) is 0.604. The number of rotatable bonds is 8. The van der Waals surface area contributed by atoms with Gasteiger partial charge < -0.3 is 19.5 Å². The van der Waals surface area contributed by atoms with Crippen LogP contribution in [0.2, 0.25) is 5.02 Å². The van der Waals surface area contributed by atoms with Gasteiger partial charge in [-0.1, -0.05) is 11.6 Å². The molecule has 1 atom stereocenters. The number of nitro groups is 1. The van der Waals surface area contributed by atoms with Crippen molar-refractivity contribution in [2.24, 2.45) is 0 Å². The first-order valence-corrected chi connectivity index (χ1v) is 8.32. The van der Waals surface area contributed by atoms with E-state index in [1.165, 1.54) is 38.5 Å². The quantitative estimate of drug-likeness (QED) is 0.544. The van der Waals surface area contributed by atoms with Crippen LogP contribution in [0.25, 0.3) is 0 Å². The Bertz CT molecular complexity index is 825. The minimum Gasteiger partial charge on any atom is -0.493 e. The molecule has 8 nitrogen and oxygen atoms in total. The molecule has 0 radical (unpaired) electrons. The number of hydrogen-bond donors (Lipinski definition) is 1. The average molecular weight is 395 g/mol. The van der Waals surface area contributed by atoms with E-state index in [2.05, 4.69) is 5.32 Å². The van der Waals surface area contributed by atoms with Crippen molar-refractivity contribution in [2.75, 3.05) is 14.2 Å². The third-order valence-corrected chi connectivity index (χ3v) is 4.09. The highest BCUT2D eigenvalue weighted by Crippen LogP contribution is 2.33. The van der Waals surface area contributed by atoms with Crippen molar-refractivity contribution in [1.29, 1.82) is 0 Å². The predicted octanol–water partition coefficient (Wildman–Crippen LogP) is 3.35. The Balaban J connectivity index is 1.97. The van der Waals surface area contributed by atoms with E-state index >= 15 is 0 Å². The summed E-state index contributed by atoms with van der Waals surface area (Å²) in [6, 6.07) is 8.79. The molecule has 0 saturated carbocycles. The lowest BCUT2D eigenvalue weighted by Crippen LogP contribution is -2.35. The first kappa shape index (κ1) is 20.3. The SMILES string of the molecule is COc1cc(Cl)c(CNC(=O)C(C)Oc2ccc([N+](=O)[O-])cc2)cc1OC. The van der Waals surface area contributed by atoms with E-state index in [1.807, 2.05) is 0 Å². The zero-order valence-corrected chi connectivity index (χ0v) is 15.8. The molecule has 0 spiro atoms. The van der Waals surface area contributed by atoms with E-state index in [1.54, 1.807) is 19.1 Å². The van der Waals surface area contributed by atoms with Crippen LogP contribution < -0.4 is 19.5 Å². The molecule has 0 aliphatic rings. The van der Waals surface area contributed by atoms with Gasteiger partial charge >= 0.3 is 0 Å². The fraction of sp³-hybridized carbons (Fsp3) is 0.278. The number of nitrogens with one attached hydrogen (secondary N) is 1. The molecule has 1 amide bonds. The zero-order valence-electron chi connectivity index (χ0n) is 15.0. The molecule has 2 aromatic rings. The van der Waals surface area contributed by atoms with Crippen LogP contribution >= 0.6 is 11.6 Å². The maximum Gasteiger partial charge on any atom is 0.269 e. The van der Waals surface area contributed by atoms with Gasteiger partial charge in [0, 0.05) is 29.8 Å². The Kier molecular flexibility index (Phi) is 6.84. The number of ether oxygens (including phenoxy) is 3. The number of amides is 1. The summed E-state index contributed by atoms with van der Waals surface area (Å²) in [6.45, 7) is 1.75. The molecule has 27 heavy (non-hydrogen) atoms. The van der Waals surface area contributed by atoms with Gasteiger partial charge in [-0.3, -0.25) is 14.9 Å². The topological polar surface area (TPSA) is 99.9 Å². The van der Waals surface area contributed by atoms with Gasteiger partial charge in [-0.2, -0.15) is 0 Å². The van der Waals surface area contributed by atoms with Gasteiger partial charge in [-0.25, -0.2) is 0 Å². The number of benzene rings is 2. The Labute approximate surface area is 161 Å². The smallest absolute Gasteiger partial charge is 0.269 e. The number of carbonyl (C=O) groups is 1. The summed E-state index contributed by atoms with van der Waals surface area (Å²) in [6.07, 6.45) is -0.801. The van der Waals surface area contributed by atoms with E-state index in [0.717, 1.165) is 0 Å². The highest BCUT2D eigenvalue weighted by molar-refractivity contribution is 6.31. The largest absolute Gasteiger partial charge is 0.493 e. The lowest BCUT2D eigenvalue weighted by Gasteiger charge is -2.16. The molecular weight excluding hydrogens is 376 g/mol. The van der Waals surface area contributed by atoms with Gasteiger partial charge in [0.2, 0.25) is 0 Å². The van der Waals surface area contributed by atoms with Crippen LogP contribution in [0, 0.1) is 10.1 Å². The van der Waals surface area contributed by atoms with Crippen molar-refractivity contribution in [3.05, 3.63) is 57.1 Å². The summed E-state index contributed by atoms with van der Waals surface area (Å²) in [5, 5.41) is 13.8. The molecule has 0 heterocycles. The summed E-state index contributed by atoms with van der Waals surface area (Å²) in [4.78, 5) is 22.4. The number of hydrogen-bond acceptors (Lipinski definition) is 6. The number of nitro benzene ring substituents is 1. The maximum atomic E-state index is 12.2. The molecule has 0 aliphatic carbocycles. The number of non-ortho nitro benzene ring substituents is 1. The Hall–Kier alpha value is -3.00. The van der Waals surface area contributed by atoms with Crippen LogP contribution in [0.4, 0.5) is 5.69 Å². The van der Waals surface area contributed by atoms with Gasteiger partial charge in [0.1, 0.15) is 5.75 Å². The van der Waals surface area contributed by atoms with Crippen LogP contribution in [0.15, 0.2) is 36.4 Å². The molecular formula is C18H19ClN2O6. The Morgan fingerprint density at radius 2 is 1.78 bits per heavy atom. The molecule has 1 unspecified atom stereocenters. The van der Waals surface area contributed by atoms with Gasteiger partial charge in [-0.15, -0.1) is 0 Å². The van der Waals surface area contributed by atoms with Crippen LogP contribution in [0.3, 0.4) is 0 Å². The van der Waals surface area contributed by atoms with Crippen molar-refractivity contribution >= 4 is 23.2 Å². The highest BCUT2D eigenvalue weighted by Gasteiger charge is 2.17. The van der Waals surface area contributed by atoms with E-state index in [0.29, 0.717) is 27.8 Å². The molecule has 0 aromatic heterocycles. The van der Waals surface area contributed by atoms with Crippen molar-refractivity contribution in [3.8, 4) is 17.2 Å². The van der Waals surface area contributed by atoms with Gasteiger partial charge in [0.05, 0.1) is 19.1 Å². The summed E-state index contributed by atoms with van der Waals surface area (Å²) >= 11 is 6.20. The second-order valence-corrected chi connectivity index (χ2v) is 5.93. The minimum absolute atomic E-state index is 0.0532. The Morgan fingerprint density at radius 3 is 2.33 bits per heavy atom. The number of carbonyl (C=O) groups excluding carboxylic acids is 1. The lowest BCUT2D eigenvalue weighted by molar-refractivity contribution is -0.384. The molecule has 0 bridgehead atoms. The van der Waals surface area contributed by atoms with Crippen molar-refractivity contribution in [1.82, 2.24) is 5.32 Å². The van der Waals surface area contributed by atoms with Gasteiger partial charge in [0.25, 0.3) is 11.6 Å². The summed E-state index contributed by atoms with van der Waals surface area (Å²) in [7, 11) is 3.01. The van der Waals surface area contributed by atoms with E-state index in [9.17, 15) is 14.9 Å². The van der Waals surface area contributed by atoms with Crippen LogP contribution in [0.1, 0.15) is 12.5 Å². The normalized spacial score (nSPS) is 11.4. The summed E-state index contributed by atoms with van der Waals surface area (Å²) < 4.78 is 15.9. The minimum atomic E-state index is -0.801. The fourth-order valence-electron chi connectivity index (χ4n) is 2.26. The molecule has 0 fully saturated rings. The third-order valence-electron chi connectivity index (χ3n) is 3.74. The second-order valence-electron chi connectivity index (χ2n) is 5.53. The van der Waals surface area contributed by atoms with Crippen LogP contribution in [-0.4, -0.2) is 31.2 Å². The first-order valence-electron chi connectivity index (χ1n) is 7.95.